The van der Waals surface area contributed by atoms with Crippen molar-refractivity contribution < 1.29 is 14.1 Å². The van der Waals surface area contributed by atoms with Crippen LogP contribution in [-0.4, -0.2) is 66.2 Å². The molecule has 9 heteroatoms. The molecule has 1 aliphatic rings. The second-order valence-corrected chi connectivity index (χ2v) is 6.78. The third kappa shape index (κ3) is 5.45. The summed E-state index contributed by atoms with van der Waals surface area (Å²) >= 11 is 5.89. The molecule has 1 aromatic heterocycles. The third-order valence-corrected chi connectivity index (χ3v) is 4.54. The average Bonchev–Trinajstić information content (AvgIpc) is 3.08. The van der Waals surface area contributed by atoms with E-state index in [0.717, 1.165) is 13.1 Å². The largest absolute Gasteiger partial charge is 0.361 e. The van der Waals surface area contributed by atoms with Gasteiger partial charge in [0.15, 0.2) is 5.69 Å². The van der Waals surface area contributed by atoms with Crippen LogP contribution in [0.5, 0.6) is 0 Å². The molecule has 2 N–H and O–H groups in total. The SMILES string of the molecule is Cc1cc(C(=O)N2CCN(CCNC(=O)Nc3cccc(Cl)c3)CC2)no1. The number of hydrogen-bond acceptors (Lipinski definition) is 5. The molecule has 1 saturated heterocycles. The number of nitrogens with zero attached hydrogens (tertiary/aromatic N) is 3. The Morgan fingerprint density at radius 1 is 1.22 bits per heavy atom. The molecule has 1 aromatic carbocycles. The summed E-state index contributed by atoms with van der Waals surface area (Å²) in [7, 11) is 0. The van der Waals surface area contributed by atoms with Crippen molar-refractivity contribution in [1.29, 1.82) is 0 Å². The summed E-state index contributed by atoms with van der Waals surface area (Å²) in [5.41, 5.74) is 0.996. The van der Waals surface area contributed by atoms with Gasteiger partial charge in [-0.2, -0.15) is 0 Å². The molecule has 0 atom stereocenters. The van der Waals surface area contributed by atoms with Crippen molar-refractivity contribution in [2.24, 2.45) is 0 Å². The molecule has 2 heterocycles. The van der Waals surface area contributed by atoms with E-state index in [0.29, 0.717) is 48.3 Å². The second kappa shape index (κ2) is 8.88. The fourth-order valence-corrected chi connectivity index (χ4v) is 3.06. The maximum atomic E-state index is 12.3. The molecule has 0 unspecified atom stereocenters. The van der Waals surface area contributed by atoms with Crippen molar-refractivity contribution in [3.8, 4) is 0 Å². The molecule has 0 bridgehead atoms. The molecule has 1 aliphatic heterocycles. The number of anilines is 1. The number of benzene rings is 1. The Labute approximate surface area is 162 Å². The first kappa shape index (κ1) is 19.2. The van der Waals surface area contributed by atoms with Crippen LogP contribution in [0.1, 0.15) is 16.2 Å². The number of carbonyl (C=O) groups excluding carboxylic acids is 2. The first-order valence-electron chi connectivity index (χ1n) is 8.76. The summed E-state index contributed by atoms with van der Waals surface area (Å²) in [6.45, 7) is 5.74. The Hall–Kier alpha value is -2.58. The van der Waals surface area contributed by atoms with Crippen molar-refractivity contribution in [2.75, 3.05) is 44.6 Å². The Bertz CT molecular complexity index is 802. The zero-order valence-electron chi connectivity index (χ0n) is 15.1. The highest BCUT2D eigenvalue weighted by molar-refractivity contribution is 6.30. The van der Waals surface area contributed by atoms with Crippen LogP contribution in [0.15, 0.2) is 34.9 Å². The van der Waals surface area contributed by atoms with Gasteiger partial charge in [-0.25, -0.2) is 4.79 Å². The molecule has 2 aromatic rings. The fraction of sp³-hybridized carbons (Fsp3) is 0.389. The molecular weight excluding hydrogens is 370 g/mol. The summed E-state index contributed by atoms with van der Waals surface area (Å²) in [5, 5.41) is 9.91. The van der Waals surface area contributed by atoms with Crippen LogP contribution in [-0.2, 0) is 0 Å². The Morgan fingerprint density at radius 3 is 2.67 bits per heavy atom. The van der Waals surface area contributed by atoms with Gasteiger partial charge in [0, 0.05) is 56.0 Å². The molecule has 8 nitrogen and oxygen atoms in total. The van der Waals surface area contributed by atoms with Crippen LogP contribution in [0, 0.1) is 6.92 Å². The van der Waals surface area contributed by atoms with E-state index in [1.54, 1.807) is 42.2 Å². The van der Waals surface area contributed by atoms with Crippen LogP contribution in [0.25, 0.3) is 0 Å². The predicted octanol–water partition coefficient (Wildman–Crippen LogP) is 2.22. The van der Waals surface area contributed by atoms with Gasteiger partial charge in [0.25, 0.3) is 5.91 Å². The molecule has 3 amide bonds. The highest BCUT2D eigenvalue weighted by atomic mass is 35.5. The Kier molecular flexibility index (Phi) is 6.31. The highest BCUT2D eigenvalue weighted by Crippen LogP contribution is 2.14. The van der Waals surface area contributed by atoms with Gasteiger partial charge in [-0.15, -0.1) is 0 Å². The molecule has 27 heavy (non-hydrogen) atoms. The van der Waals surface area contributed by atoms with E-state index in [1.165, 1.54) is 0 Å². The number of aromatic nitrogens is 1. The summed E-state index contributed by atoms with van der Waals surface area (Å²) in [5.74, 6) is 0.518. The number of halogens is 1. The zero-order valence-corrected chi connectivity index (χ0v) is 15.8. The van der Waals surface area contributed by atoms with E-state index in [2.05, 4.69) is 20.7 Å². The van der Waals surface area contributed by atoms with E-state index >= 15 is 0 Å². The topological polar surface area (TPSA) is 90.7 Å². The summed E-state index contributed by atoms with van der Waals surface area (Å²) < 4.78 is 4.96. The van der Waals surface area contributed by atoms with E-state index in [-0.39, 0.29) is 11.9 Å². The van der Waals surface area contributed by atoms with Crippen LogP contribution in [0.4, 0.5) is 10.5 Å². The molecule has 0 aliphatic carbocycles. The monoisotopic (exact) mass is 391 g/mol. The normalized spacial score (nSPS) is 14.8. The highest BCUT2D eigenvalue weighted by Gasteiger charge is 2.24. The van der Waals surface area contributed by atoms with Gasteiger partial charge in [0.2, 0.25) is 0 Å². The van der Waals surface area contributed by atoms with Gasteiger partial charge in [0.1, 0.15) is 5.76 Å². The maximum Gasteiger partial charge on any atom is 0.319 e. The minimum absolute atomic E-state index is 0.106. The molecule has 144 valence electrons. The number of amides is 3. The average molecular weight is 392 g/mol. The van der Waals surface area contributed by atoms with Gasteiger partial charge >= 0.3 is 6.03 Å². The number of urea groups is 1. The smallest absolute Gasteiger partial charge is 0.319 e. The molecule has 1 fully saturated rings. The standard InChI is InChI=1S/C18H22ClN5O3/c1-13-11-16(22-27-13)17(25)24-9-7-23(8-10-24)6-5-20-18(26)21-15-4-2-3-14(19)12-15/h2-4,11-12H,5-10H2,1H3,(H2,20,21,26). The predicted molar refractivity (Wildman–Crippen MR) is 102 cm³/mol. The molecule has 0 radical (unpaired) electrons. The van der Waals surface area contributed by atoms with E-state index in [9.17, 15) is 9.59 Å². The molecule has 0 spiro atoms. The first-order chi connectivity index (χ1) is 13.0. The van der Waals surface area contributed by atoms with Gasteiger partial charge in [-0.05, 0) is 25.1 Å². The molecule has 3 rings (SSSR count). The molecule has 0 saturated carbocycles. The molecular formula is C18H22ClN5O3. The summed E-state index contributed by atoms with van der Waals surface area (Å²) in [6.07, 6.45) is 0. The number of aryl methyl sites for hydroxylation is 1. The van der Waals surface area contributed by atoms with Crippen molar-refractivity contribution in [2.45, 2.75) is 6.92 Å². The van der Waals surface area contributed by atoms with Gasteiger partial charge in [-0.3, -0.25) is 9.69 Å². The van der Waals surface area contributed by atoms with Gasteiger partial charge in [-0.1, -0.05) is 22.8 Å². The van der Waals surface area contributed by atoms with Crippen LogP contribution < -0.4 is 10.6 Å². The summed E-state index contributed by atoms with van der Waals surface area (Å²) in [6, 6.07) is 8.37. The minimum atomic E-state index is -0.271. The van der Waals surface area contributed by atoms with E-state index < -0.39 is 0 Å². The number of piperazine rings is 1. The number of rotatable bonds is 5. The lowest BCUT2D eigenvalue weighted by Crippen LogP contribution is -2.50. The third-order valence-electron chi connectivity index (χ3n) is 4.30. The van der Waals surface area contributed by atoms with E-state index in [1.807, 2.05) is 0 Å². The lowest BCUT2D eigenvalue weighted by molar-refractivity contribution is 0.0629. The van der Waals surface area contributed by atoms with Crippen molar-refractivity contribution in [3.05, 3.63) is 46.8 Å². The van der Waals surface area contributed by atoms with Crippen LogP contribution in [0.2, 0.25) is 5.02 Å². The van der Waals surface area contributed by atoms with Gasteiger partial charge < -0.3 is 20.1 Å². The van der Waals surface area contributed by atoms with Crippen LogP contribution in [0.3, 0.4) is 0 Å². The summed E-state index contributed by atoms with van der Waals surface area (Å²) in [4.78, 5) is 28.2. The second-order valence-electron chi connectivity index (χ2n) is 6.35. The van der Waals surface area contributed by atoms with Crippen molar-refractivity contribution in [3.63, 3.8) is 0 Å². The Balaban J connectivity index is 1.36. The van der Waals surface area contributed by atoms with E-state index in [4.69, 9.17) is 16.1 Å². The Morgan fingerprint density at radius 2 is 2.00 bits per heavy atom. The first-order valence-corrected chi connectivity index (χ1v) is 9.14. The minimum Gasteiger partial charge on any atom is -0.361 e. The maximum absolute atomic E-state index is 12.3. The number of nitrogens with one attached hydrogen (secondary N) is 2. The van der Waals surface area contributed by atoms with Crippen LogP contribution >= 0.6 is 11.6 Å². The zero-order chi connectivity index (χ0) is 19.2. The lowest BCUT2D eigenvalue weighted by Gasteiger charge is -2.34. The number of hydrogen-bond donors (Lipinski definition) is 2. The van der Waals surface area contributed by atoms with Gasteiger partial charge in [0.05, 0.1) is 0 Å². The number of carbonyl (C=O) groups is 2. The lowest BCUT2D eigenvalue weighted by atomic mass is 10.2. The van der Waals surface area contributed by atoms with Crippen molar-refractivity contribution in [1.82, 2.24) is 20.3 Å². The fourth-order valence-electron chi connectivity index (χ4n) is 2.87. The quantitative estimate of drug-likeness (QED) is 0.815. The van der Waals surface area contributed by atoms with Crippen molar-refractivity contribution >= 4 is 29.2 Å².